The van der Waals surface area contributed by atoms with Crippen molar-refractivity contribution in [3.05, 3.63) is 0 Å². The van der Waals surface area contributed by atoms with Gasteiger partial charge in [-0.25, -0.2) is 0 Å². The van der Waals surface area contributed by atoms with E-state index in [-0.39, 0.29) is 18.0 Å². The van der Waals surface area contributed by atoms with Crippen molar-refractivity contribution in [2.24, 2.45) is 11.5 Å². The fourth-order valence-electron chi connectivity index (χ4n) is 1.74. The third-order valence-corrected chi connectivity index (χ3v) is 2.21. The van der Waals surface area contributed by atoms with E-state index >= 15 is 0 Å². The predicted octanol–water partition coefficient (Wildman–Crippen LogP) is -0.717. The first-order chi connectivity index (χ1) is 5.61. The summed E-state index contributed by atoms with van der Waals surface area (Å²) in [6, 6.07) is 0.0425. The van der Waals surface area contributed by atoms with Crippen LogP contribution in [-0.4, -0.2) is 36.0 Å². The van der Waals surface area contributed by atoms with Gasteiger partial charge in [-0.3, -0.25) is 9.69 Å². The summed E-state index contributed by atoms with van der Waals surface area (Å²) >= 11 is 0. The third-order valence-electron chi connectivity index (χ3n) is 2.21. The number of hydrogen-bond acceptors (Lipinski definition) is 3. The molecule has 1 aliphatic heterocycles. The maximum atomic E-state index is 10.9. The van der Waals surface area contributed by atoms with E-state index in [1.54, 1.807) is 0 Å². The molecule has 2 unspecified atom stereocenters. The van der Waals surface area contributed by atoms with Crippen LogP contribution in [0.25, 0.3) is 0 Å². The number of likely N-dealkylation sites (tertiary alicyclic amines) is 1. The lowest BCUT2D eigenvalue weighted by molar-refractivity contribution is -0.122. The number of primary amides is 1. The van der Waals surface area contributed by atoms with Crippen LogP contribution >= 0.6 is 0 Å². The van der Waals surface area contributed by atoms with Gasteiger partial charge in [0.15, 0.2) is 0 Å². The maximum absolute atomic E-state index is 10.9. The van der Waals surface area contributed by atoms with E-state index in [1.165, 1.54) is 0 Å². The average Bonchev–Trinajstić information content (AvgIpc) is 2.33. The van der Waals surface area contributed by atoms with Gasteiger partial charge >= 0.3 is 0 Å². The molecule has 1 fully saturated rings. The van der Waals surface area contributed by atoms with Gasteiger partial charge in [-0.05, 0) is 26.3 Å². The zero-order chi connectivity index (χ0) is 9.14. The van der Waals surface area contributed by atoms with Gasteiger partial charge in [-0.1, -0.05) is 0 Å². The minimum absolute atomic E-state index is 0.0731. The van der Waals surface area contributed by atoms with Gasteiger partial charge in [0, 0.05) is 12.6 Å². The molecule has 1 saturated heterocycles. The van der Waals surface area contributed by atoms with Crippen molar-refractivity contribution in [1.82, 2.24) is 4.90 Å². The Bertz CT molecular complexity index is 170. The van der Waals surface area contributed by atoms with Gasteiger partial charge in [0.2, 0.25) is 5.91 Å². The van der Waals surface area contributed by atoms with E-state index in [4.69, 9.17) is 11.5 Å². The summed E-state index contributed by atoms with van der Waals surface area (Å²) in [5.74, 6) is -0.215. The van der Waals surface area contributed by atoms with E-state index in [1.807, 2.05) is 6.92 Å². The molecule has 0 aromatic rings. The highest BCUT2D eigenvalue weighted by atomic mass is 16.1. The van der Waals surface area contributed by atoms with E-state index in [0.29, 0.717) is 0 Å². The second kappa shape index (κ2) is 3.87. The quantitative estimate of drug-likeness (QED) is 0.589. The van der Waals surface area contributed by atoms with Gasteiger partial charge in [0.05, 0.1) is 6.04 Å². The van der Waals surface area contributed by atoms with Crippen LogP contribution in [0.4, 0.5) is 0 Å². The number of amides is 1. The summed E-state index contributed by atoms with van der Waals surface area (Å²) in [6.45, 7) is 3.67. The average molecular weight is 171 g/mol. The molecule has 0 aliphatic carbocycles. The molecule has 4 N–H and O–H groups in total. The summed E-state index contributed by atoms with van der Waals surface area (Å²) in [5.41, 5.74) is 10.9. The van der Waals surface area contributed by atoms with Crippen LogP contribution in [0.2, 0.25) is 0 Å². The molecule has 0 aromatic carbocycles. The van der Waals surface area contributed by atoms with Crippen LogP contribution in [-0.2, 0) is 4.79 Å². The molecule has 2 atom stereocenters. The van der Waals surface area contributed by atoms with Crippen molar-refractivity contribution in [2.75, 3.05) is 13.1 Å². The summed E-state index contributed by atoms with van der Waals surface area (Å²) in [6.07, 6.45) is 1.95. The van der Waals surface area contributed by atoms with Gasteiger partial charge in [-0.2, -0.15) is 0 Å². The molecule has 1 aliphatic rings. The molecule has 0 saturated carbocycles. The van der Waals surface area contributed by atoms with Crippen LogP contribution in [0, 0.1) is 0 Å². The first-order valence-electron chi connectivity index (χ1n) is 4.40. The molecule has 0 radical (unpaired) electrons. The van der Waals surface area contributed by atoms with Crippen molar-refractivity contribution < 1.29 is 4.79 Å². The van der Waals surface area contributed by atoms with Gasteiger partial charge in [0.25, 0.3) is 0 Å². The summed E-state index contributed by atoms with van der Waals surface area (Å²) in [4.78, 5) is 13.0. The minimum atomic E-state index is -0.215. The molecule has 4 heteroatoms. The molecule has 4 nitrogen and oxygen atoms in total. The lowest BCUT2D eigenvalue weighted by Gasteiger charge is -2.23. The molecule has 1 rings (SSSR count). The number of rotatable bonds is 3. The molecule has 0 spiro atoms. The molecular formula is C8H17N3O. The zero-order valence-corrected chi connectivity index (χ0v) is 7.49. The van der Waals surface area contributed by atoms with Gasteiger partial charge < -0.3 is 11.5 Å². The van der Waals surface area contributed by atoms with E-state index in [9.17, 15) is 4.79 Å². The van der Waals surface area contributed by atoms with Crippen LogP contribution in [0.15, 0.2) is 0 Å². The fraction of sp³-hybridized carbons (Fsp3) is 0.875. The number of nitrogens with zero attached hydrogens (tertiary/aromatic N) is 1. The van der Waals surface area contributed by atoms with Crippen molar-refractivity contribution in [2.45, 2.75) is 31.8 Å². The Hall–Kier alpha value is -0.610. The van der Waals surface area contributed by atoms with E-state index in [2.05, 4.69) is 4.90 Å². The van der Waals surface area contributed by atoms with Crippen LogP contribution < -0.4 is 11.5 Å². The highest BCUT2D eigenvalue weighted by Gasteiger charge is 2.28. The Morgan fingerprint density at radius 2 is 2.42 bits per heavy atom. The normalized spacial score (nSPS) is 27.3. The highest BCUT2D eigenvalue weighted by Crippen LogP contribution is 2.16. The first kappa shape index (κ1) is 9.48. The number of carbonyl (C=O) groups excluding carboxylic acids is 1. The summed E-state index contributed by atoms with van der Waals surface area (Å²) < 4.78 is 0. The fourth-order valence-corrected chi connectivity index (χ4v) is 1.74. The predicted molar refractivity (Wildman–Crippen MR) is 47.4 cm³/mol. The number of carbonyl (C=O) groups is 1. The van der Waals surface area contributed by atoms with Crippen LogP contribution in [0.1, 0.15) is 19.8 Å². The molecule has 1 amide bonds. The van der Waals surface area contributed by atoms with Gasteiger partial charge in [0.1, 0.15) is 0 Å². The largest absolute Gasteiger partial charge is 0.368 e. The molecule has 70 valence electrons. The molecule has 0 aromatic heterocycles. The standard InChI is InChI=1S/C8H17N3O/c1-6(9)5-11-4-2-3-7(11)8(10)12/h6-7H,2-5,9H2,1H3,(H2,10,12). The Balaban J connectivity index is 2.46. The lowest BCUT2D eigenvalue weighted by Crippen LogP contribution is -2.44. The Morgan fingerprint density at radius 1 is 1.75 bits per heavy atom. The molecular weight excluding hydrogens is 154 g/mol. The maximum Gasteiger partial charge on any atom is 0.234 e. The molecule has 1 heterocycles. The Labute approximate surface area is 72.9 Å². The zero-order valence-electron chi connectivity index (χ0n) is 7.49. The topological polar surface area (TPSA) is 72.3 Å². The van der Waals surface area contributed by atoms with Crippen molar-refractivity contribution in [3.63, 3.8) is 0 Å². The van der Waals surface area contributed by atoms with Crippen molar-refractivity contribution in [3.8, 4) is 0 Å². The number of nitrogens with two attached hydrogens (primary N) is 2. The van der Waals surface area contributed by atoms with Crippen molar-refractivity contribution >= 4 is 5.91 Å². The monoisotopic (exact) mass is 171 g/mol. The minimum Gasteiger partial charge on any atom is -0.368 e. The second-order valence-corrected chi connectivity index (χ2v) is 3.53. The number of hydrogen-bond donors (Lipinski definition) is 2. The van der Waals surface area contributed by atoms with E-state index in [0.717, 1.165) is 25.9 Å². The highest BCUT2D eigenvalue weighted by molar-refractivity contribution is 5.80. The van der Waals surface area contributed by atoms with Gasteiger partial charge in [-0.15, -0.1) is 0 Å². The van der Waals surface area contributed by atoms with Crippen LogP contribution in [0.5, 0.6) is 0 Å². The summed E-state index contributed by atoms with van der Waals surface area (Å²) in [7, 11) is 0. The van der Waals surface area contributed by atoms with Crippen LogP contribution in [0.3, 0.4) is 0 Å². The lowest BCUT2D eigenvalue weighted by atomic mass is 10.2. The summed E-state index contributed by atoms with van der Waals surface area (Å²) in [5, 5.41) is 0. The second-order valence-electron chi connectivity index (χ2n) is 3.53. The molecule has 0 bridgehead atoms. The Morgan fingerprint density at radius 3 is 2.92 bits per heavy atom. The SMILES string of the molecule is CC(N)CN1CCCC1C(N)=O. The molecule has 12 heavy (non-hydrogen) atoms. The smallest absolute Gasteiger partial charge is 0.234 e. The van der Waals surface area contributed by atoms with Crippen molar-refractivity contribution in [1.29, 1.82) is 0 Å². The third kappa shape index (κ3) is 2.19. The van der Waals surface area contributed by atoms with E-state index < -0.39 is 0 Å². The first-order valence-corrected chi connectivity index (χ1v) is 4.40. The Kier molecular flexibility index (Phi) is 3.05.